The van der Waals surface area contributed by atoms with Gasteiger partial charge in [-0.05, 0) is 61.1 Å². The smallest absolute Gasteiger partial charge is 0.331 e. The third-order valence-electron chi connectivity index (χ3n) is 3.93. The monoisotopic (exact) mass is 372 g/mol. The van der Waals surface area contributed by atoms with Crippen molar-refractivity contribution in [3.05, 3.63) is 57.8 Å². The first-order valence-corrected chi connectivity index (χ1v) is 9.71. The number of ether oxygens (including phenoxy) is 1. The molecule has 0 radical (unpaired) electrons. The number of carboxylic acids is 1. The van der Waals surface area contributed by atoms with E-state index >= 15 is 0 Å². The molecule has 0 fully saturated rings. The molecule has 2 rings (SSSR count). The first-order valence-electron chi connectivity index (χ1n) is 8.83. The molecule has 138 valence electrons. The molecule has 0 spiro atoms. The van der Waals surface area contributed by atoms with Crippen LogP contribution in [0.2, 0.25) is 0 Å². The van der Waals surface area contributed by atoms with Gasteiger partial charge in [0.25, 0.3) is 0 Å². The summed E-state index contributed by atoms with van der Waals surface area (Å²) in [4.78, 5) is 24.5. The number of carbonyl (C=O) groups is 2. The van der Waals surface area contributed by atoms with Gasteiger partial charge < -0.3 is 9.84 Å². The predicted molar refractivity (Wildman–Crippen MR) is 105 cm³/mol. The molecule has 0 bridgehead atoms. The van der Waals surface area contributed by atoms with E-state index in [0.29, 0.717) is 37.0 Å². The molecular weight excluding hydrogens is 348 g/mol. The Morgan fingerprint density at radius 2 is 1.88 bits per heavy atom. The normalized spacial score (nSPS) is 11.3. The van der Waals surface area contributed by atoms with E-state index in [2.05, 4.69) is 6.92 Å². The maximum atomic E-state index is 12.3. The minimum atomic E-state index is -0.931. The number of carbonyl (C=O) groups excluding carboxylic acids is 1. The van der Waals surface area contributed by atoms with E-state index in [-0.39, 0.29) is 5.78 Å². The maximum Gasteiger partial charge on any atom is 0.331 e. The maximum absolute atomic E-state index is 12.3. The number of aliphatic carboxylic acids is 1. The van der Waals surface area contributed by atoms with Gasteiger partial charge in [-0.15, -0.1) is 11.3 Å². The Kier molecular flexibility index (Phi) is 8.09. The molecule has 1 heterocycles. The third kappa shape index (κ3) is 6.48. The Bertz CT molecular complexity index is 730. The summed E-state index contributed by atoms with van der Waals surface area (Å²) in [7, 11) is 0. The van der Waals surface area contributed by atoms with Crippen LogP contribution in [0.4, 0.5) is 0 Å². The molecule has 0 unspecified atom stereocenters. The van der Waals surface area contributed by atoms with Gasteiger partial charge in [-0.3, -0.25) is 4.79 Å². The standard InChI is InChI=1S/C21H24O4S/c1-2-3-13-25-18-11-9-16(10-12-18)20(22)8-4-6-17(21(23)24)15-19-7-5-14-26-19/h5,7,9-12,14-15H,2-4,6,8,13H2,1H3,(H,23,24)/b17-15-. The summed E-state index contributed by atoms with van der Waals surface area (Å²) in [6.07, 6.45) is 4.97. The molecule has 0 saturated carbocycles. The van der Waals surface area contributed by atoms with Crippen molar-refractivity contribution in [2.24, 2.45) is 0 Å². The van der Waals surface area contributed by atoms with E-state index in [1.165, 1.54) is 11.3 Å². The lowest BCUT2D eigenvalue weighted by atomic mass is 10.0. The molecule has 0 amide bonds. The number of rotatable bonds is 11. The molecule has 1 N–H and O–H groups in total. The number of unbranched alkanes of at least 4 members (excludes halogenated alkanes) is 1. The molecule has 1 aromatic carbocycles. The highest BCUT2D eigenvalue weighted by molar-refractivity contribution is 7.10. The fourth-order valence-electron chi connectivity index (χ4n) is 2.44. The van der Waals surface area contributed by atoms with Crippen molar-refractivity contribution in [3.63, 3.8) is 0 Å². The molecule has 0 saturated heterocycles. The summed E-state index contributed by atoms with van der Waals surface area (Å²) in [6.45, 7) is 2.79. The van der Waals surface area contributed by atoms with Crippen LogP contribution in [0.25, 0.3) is 6.08 Å². The van der Waals surface area contributed by atoms with E-state index < -0.39 is 5.97 Å². The van der Waals surface area contributed by atoms with Gasteiger partial charge in [0.2, 0.25) is 0 Å². The van der Waals surface area contributed by atoms with Gasteiger partial charge in [0.05, 0.1) is 6.61 Å². The van der Waals surface area contributed by atoms with Gasteiger partial charge in [0.15, 0.2) is 5.78 Å². The van der Waals surface area contributed by atoms with E-state index in [1.54, 1.807) is 18.2 Å². The third-order valence-corrected chi connectivity index (χ3v) is 4.75. The lowest BCUT2D eigenvalue weighted by molar-refractivity contribution is -0.132. The SMILES string of the molecule is CCCCOc1ccc(C(=O)CCC/C(=C/c2cccs2)C(=O)O)cc1. The average molecular weight is 372 g/mol. The van der Waals surface area contributed by atoms with Gasteiger partial charge in [0, 0.05) is 22.4 Å². The molecule has 0 aliphatic rings. The van der Waals surface area contributed by atoms with Crippen LogP contribution >= 0.6 is 11.3 Å². The number of hydrogen-bond donors (Lipinski definition) is 1. The average Bonchev–Trinajstić information content (AvgIpc) is 3.14. The van der Waals surface area contributed by atoms with Crippen LogP contribution in [-0.2, 0) is 4.79 Å². The first kappa shape index (κ1) is 19.9. The quantitative estimate of drug-likeness (QED) is 0.324. The Morgan fingerprint density at radius 3 is 2.50 bits per heavy atom. The minimum absolute atomic E-state index is 0.0194. The number of thiophene rings is 1. The van der Waals surface area contributed by atoms with Gasteiger partial charge in [0.1, 0.15) is 5.75 Å². The minimum Gasteiger partial charge on any atom is -0.494 e. The second-order valence-electron chi connectivity index (χ2n) is 5.99. The molecule has 0 aliphatic carbocycles. The summed E-state index contributed by atoms with van der Waals surface area (Å²) in [6, 6.07) is 10.9. The number of carboxylic acid groups (broad SMARTS) is 1. The van der Waals surface area contributed by atoms with Crippen LogP contribution < -0.4 is 4.74 Å². The lowest BCUT2D eigenvalue weighted by Crippen LogP contribution is -2.03. The van der Waals surface area contributed by atoms with Crippen molar-refractivity contribution < 1.29 is 19.4 Å². The Balaban J connectivity index is 1.84. The van der Waals surface area contributed by atoms with Crippen molar-refractivity contribution in [2.45, 2.75) is 39.0 Å². The van der Waals surface area contributed by atoms with Crippen molar-refractivity contribution in [2.75, 3.05) is 6.61 Å². The van der Waals surface area contributed by atoms with Crippen LogP contribution in [0.3, 0.4) is 0 Å². The van der Waals surface area contributed by atoms with Crippen LogP contribution in [0.5, 0.6) is 5.75 Å². The summed E-state index contributed by atoms with van der Waals surface area (Å²) in [5.41, 5.74) is 0.965. The van der Waals surface area contributed by atoms with Gasteiger partial charge in [-0.1, -0.05) is 19.4 Å². The number of ketones is 1. The highest BCUT2D eigenvalue weighted by atomic mass is 32.1. The zero-order valence-electron chi connectivity index (χ0n) is 14.9. The number of hydrogen-bond acceptors (Lipinski definition) is 4. The van der Waals surface area contributed by atoms with Crippen molar-refractivity contribution in [1.82, 2.24) is 0 Å². The van der Waals surface area contributed by atoms with Crippen molar-refractivity contribution in [1.29, 1.82) is 0 Å². The first-order chi connectivity index (χ1) is 12.6. The zero-order chi connectivity index (χ0) is 18.8. The van der Waals surface area contributed by atoms with Crippen molar-refractivity contribution in [3.8, 4) is 5.75 Å². The molecule has 4 nitrogen and oxygen atoms in total. The highest BCUT2D eigenvalue weighted by Crippen LogP contribution is 2.19. The highest BCUT2D eigenvalue weighted by Gasteiger charge is 2.11. The largest absolute Gasteiger partial charge is 0.494 e. The lowest BCUT2D eigenvalue weighted by Gasteiger charge is -2.06. The number of Topliss-reactive ketones (excluding diaryl/α,β-unsaturated/α-hetero) is 1. The molecule has 26 heavy (non-hydrogen) atoms. The van der Waals surface area contributed by atoms with E-state index in [9.17, 15) is 14.7 Å². The van der Waals surface area contributed by atoms with E-state index in [1.807, 2.05) is 29.6 Å². The summed E-state index contributed by atoms with van der Waals surface area (Å²) in [5.74, 6) is -0.146. The Morgan fingerprint density at radius 1 is 1.12 bits per heavy atom. The fourth-order valence-corrected chi connectivity index (χ4v) is 3.12. The topological polar surface area (TPSA) is 63.6 Å². The molecule has 2 aromatic rings. The van der Waals surface area contributed by atoms with Gasteiger partial charge in [-0.25, -0.2) is 4.79 Å². The summed E-state index contributed by atoms with van der Waals surface area (Å²) < 4.78 is 5.59. The number of benzene rings is 1. The second kappa shape index (κ2) is 10.6. The molecule has 0 aliphatic heterocycles. The van der Waals surface area contributed by atoms with E-state index in [4.69, 9.17) is 4.74 Å². The Hall–Kier alpha value is -2.40. The fraction of sp³-hybridized carbons (Fsp3) is 0.333. The van der Waals surface area contributed by atoms with Crippen LogP contribution in [-0.4, -0.2) is 23.5 Å². The Labute approximate surface area is 158 Å². The van der Waals surface area contributed by atoms with Crippen molar-refractivity contribution >= 4 is 29.2 Å². The zero-order valence-corrected chi connectivity index (χ0v) is 15.8. The van der Waals surface area contributed by atoms with Gasteiger partial charge in [-0.2, -0.15) is 0 Å². The predicted octanol–water partition coefficient (Wildman–Crippen LogP) is 5.45. The van der Waals surface area contributed by atoms with Crippen LogP contribution in [0.15, 0.2) is 47.4 Å². The van der Waals surface area contributed by atoms with Crippen LogP contribution in [0.1, 0.15) is 54.3 Å². The summed E-state index contributed by atoms with van der Waals surface area (Å²) >= 11 is 1.49. The van der Waals surface area contributed by atoms with E-state index in [0.717, 1.165) is 23.5 Å². The molecular formula is C21H24O4S. The molecule has 5 heteroatoms. The van der Waals surface area contributed by atoms with Crippen LogP contribution in [0, 0.1) is 0 Å². The summed E-state index contributed by atoms with van der Waals surface area (Å²) in [5, 5.41) is 11.2. The second-order valence-corrected chi connectivity index (χ2v) is 6.97. The molecule has 1 aromatic heterocycles. The van der Waals surface area contributed by atoms with Gasteiger partial charge >= 0.3 is 5.97 Å². The molecule has 0 atom stereocenters.